The van der Waals surface area contributed by atoms with E-state index in [-0.39, 0.29) is 0 Å². The second kappa shape index (κ2) is 3.26. The van der Waals surface area contributed by atoms with Crippen molar-refractivity contribution in [1.29, 1.82) is 0 Å². The average Bonchev–Trinajstić information content (AvgIpc) is 2.53. The Morgan fingerprint density at radius 2 is 2.17 bits per heavy atom. The third-order valence-electron chi connectivity index (χ3n) is 1.84. The van der Waals surface area contributed by atoms with E-state index in [4.69, 9.17) is 9.52 Å². The fourth-order valence-corrected chi connectivity index (χ4v) is 0.855. The molecular weight excluding hydrogens is 156 g/mol. The van der Waals surface area contributed by atoms with Crippen LogP contribution in [0.15, 0.2) is 28.6 Å². The molecule has 3 nitrogen and oxygen atoms in total. The van der Waals surface area contributed by atoms with Crippen molar-refractivity contribution in [2.75, 3.05) is 0 Å². The van der Waals surface area contributed by atoms with Crippen LogP contribution in [-0.2, 0) is 4.79 Å². The lowest BCUT2D eigenvalue weighted by atomic mass is 10.1. The predicted octanol–water partition coefficient (Wildman–Crippen LogP) is 2.16. The maximum Gasteiger partial charge on any atom is 0.331 e. The predicted molar refractivity (Wildman–Crippen MR) is 44.6 cm³/mol. The fraction of sp³-hybridized carbons (Fsp3) is 0.222. The molecule has 0 aliphatic heterocycles. The first-order valence-electron chi connectivity index (χ1n) is 3.56. The highest BCUT2D eigenvalue weighted by molar-refractivity contribution is 5.95. The summed E-state index contributed by atoms with van der Waals surface area (Å²) in [6.45, 7) is 3.33. The summed E-state index contributed by atoms with van der Waals surface area (Å²) in [5.41, 5.74) is 1.89. The zero-order valence-electron chi connectivity index (χ0n) is 7.00. The van der Waals surface area contributed by atoms with E-state index in [1.165, 1.54) is 12.5 Å². The highest BCUT2D eigenvalue weighted by Gasteiger charge is 2.07. The summed E-state index contributed by atoms with van der Waals surface area (Å²) in [4.78, 5) is 10.5. The van der Waals surface area contributed by atoms with Crippen LogP contribution in [-0.4, -0.2) is 11.1 Å². The van der Waals surface area contributed by atoms with Crippen molar-refractivity contribution in [3.05, 3.63) is 29.7 Å². The number of hydrogen-bond acceptors (Lipinski definition) is 2. The zero-order chi connectivity index (χ0) is 9.14. The van der Waals surface area contributed by atoms with E-state index in [1.54, 1.807) is 19.9 Å². The Kier molecular flexibility index (Phi) is 2.33. The number of aliphatic carboxylic acids is 1. The molecule has 1 aromatic rings. The Labute approximate surface area is 70.3 Å². The Morgan fingerprint density at radius 3 is 2.58 bits per heavy atom. The van der Waals surface area contributed by atoms with Gasteiger partial charge in [-0.05, 0) is 25.5 Å². The molecule has 1 N–H and O–H groups in total. The Balaban J connectivity index is 3.05. The van der Waals surface area contributed by atoms with Gasteiger partial charge < -0.3 is 9.52 Å². The molecule has 0 bridgehead atoms. The molecule has 12 heavy (non-hydrogen) atoms. The summed E-state index contributed by atoms with van der Waals surface area (Å²) in [6.07, 6.45) is 3.05. The normalized spacial score (nSPS) is 12.5. The van der Waals surface area contributed by atoms with Crippen molar-refractivity contribution in [3.63, 3.8) is 0 Å². The molecule has 0 saturated carbocycles. The molecule has 0 amide bonds. The number of carboxylic acids is 1. The fourth-order valence-electron chi connectivity index (χ4n) is 0.855. The number of furan rings is 1. The third kappa shape index (κ3) is 1.56. The second-order valence-electron chi connectivity index (χ2n) is 2.57. The van der Waals surface area contributed by atoms with Crippen molar-refractivity contribution >= 4 is 11.5 Å². The number of hydrogen-bond donors (Lipinski definition) is 1. The van der Waals surface area contributed by atoms with Gasteiger partial charge in [-0.25, -0.2) is 4.79 Å². The van der Waals surface area contributed by atoms with Crippen molar-refractivity contribution in [2.45, 2.75) is 13.8 Å². The molecule has 0 saturated heterocycles. The molecular formula is C9H10O3. The number of carbonyl (C=O) groups is 1. The van der Waals surface area contributed by atoms with Crippen LogP contribution in [0.5, 0.6) is 0 Å². The van der Waals surface area contributed by atoms with Gasteiger partial charge >= 0.3 is 5.97 Å². The lowest BCUT2D eigenvalue weighted by molar-refractivity contribution is -0.132. The maximum atomic E-state index is 10.5. The van der Waals surface area contributed by atoms with Crippen LogP contribution in [0, 0.1) is 0 Å². The van der Waals surface area contributed by atoms with Crippen molar-refractivity contribution in [3.8, 4) is 0 Å². The highest BCUT2D eigenvalue weighted by atomic mass is 16.4. The minimum atomic E-state index is -0.895. The third-order valence-corrected chi connectivity index (χ3v) is 1.84. The monoisotopic (exact) mass is 166 g/mol. The minimum Gasteiger partial charge on any atom is -0.478 e. The molecule has 1 aromatic heterocycles. The molecule has 0 aromatic carbocycles. The van der Waals surface area contributed by atoms with Crippen LogP contribution < -0.4 is 0 Å². The first-order chi connectivity index (χ1) is 5.63. The van der Waals surface area contributed by atoms with Gasteiger partial charge in [-0.3, -0.25) is 0 Å². The molecule has 0 fully saturated rings. The van der Waals surface area contributed by atoms with Crippen LogP contribution in [0.4, 0.5) is 0 Å². The Bertz CT molecular complexity index is 307. The SMILES string of the molecule is CC(C(=O)O)=C(C)c1ccoc1. The summed E-state index contributed by atoms with van der Waals surface area (Å²) in [6, 6.07) is 1.74. The quantitative estimate of drug-likeness (QED) is 0.685. The van der Waals surface area contributed by atoms with E-state index in [0.29, 0.717) is 5.57 Å². The van der Waals surface area contributed by atoms with Gasteiger partial charge in [0, 0.05) is 11.1 Å². The van der Waals surface area contributed by atoms with E-state index >= 15 is 0 Å². The molecule has 0 unspecified atom stereocenters. The van der Waals surface area contributed by atoms with Gasteiger partial charge in [-0.15, -0.1) is 0 Å². The molecule has 0 radical (unpaired) electrons. The van der Waals surface area contributed by atoms with Gasteiger partial charge in [0.15, 0.2) is 0 Å². The lowest BCUT2D eigenvalue weighted by Crippen LogP contribution is -1.98. The molecule has 0 atom stereocenters. The van der Waals surface area contributed by atoms with Crippen molar-refractivity contribution in [2.24, 2.45) is 0 Å². The zero-order valence-corrected chi connectivity index (χ0v) is 7.00. The van der Waals surface area contributed by atoms with Crippen LogP contribution in [0.25, 0.3) is 5.57 Å². The van der Waals surface area contributed by atoms with Crippen LogP contribution >= 0.6 is 0 Å². The first kappa shape index (κ1) is 8.59. The second-order valence-corrected chi connectivity index (χ2v) is 2.57. The summed E-state index contributed by atoms with van der Waals surface area (Å²) in [5.74, 6) is -0.895. The number of rotatable bonds is 2. The maximum absolute atomic E-state index is 10.5. The van der Waals surface area contributed by atoms with Gasteiger partial charge in [0.2, 0.25) is 0 Å². The topological polar surface area (TPSA) is 50.4 Å². The van der Waals surface area contributed by atoms with Crippen LogP contribution in [0.1, 0.15) is 19.4 Å². The minimum absolute atomic E-state index is 0.344. The van der Waals surface area contributed by atoms with E-state index < -0.39 is 5.97 Å². The summed E-state index contributed by atoms with van der Waals surface area (Å²) >= 11 is 0. The van der Waals surface area contributed by atoms with Crippen molar-refractivity contribution in [1.82, 2.24) is 0 Å². The van der Waals surface area contributed by atoms with E-state index in [0.717, 1.165) is 11.1 Å². The van der Waals surface area contributed by atoms with Crippen LogP contribution in [0.2, 0.25) is 0 Å². The largest absolute Gasteiger partial charge is 0.478 e. The van der Waals surface area contributed by atoms with Gasteiger partial charge in [0.1, 0.15) is 0 Å². The summed E-state index contributed by atoms with van der Waals surface area (Å²) < 4.78 is 4.84. The van der Waals surface area contributed by atoms with Gasteiger partial charge in [0.25, 0.3) is 0 Å². The number of carboxylic acid groups (broad SMARTS) is 1. The molecule has 64 valence electrons. The smallest absolute Gasteiger partial charge is 0.331 e. The van der Waals surface area contributed by atoms with Gasteiger partial charge in [-0.2, -0.15) is 0 Å². The Morgan fingerprint density at radius 1 is 1.50 bits per heavy atom. The lowest BCUT2D eigenvalue weighted by Gasteiger charge is -1.99. The standard InChI is InChI=1S/C9H10O3/c1-6(7(2)9(10)11)8-3-4-12-5-8/h3-5H,1-2H3,(H,10,11). The Hall–Kier alpha value is -1.51. The van der Waals surface area contributed by atoms with Gasteiger partial charge in [-0.1, -0.05) is 0 Å². The number of allylic oxidation sites excluding steroid dienone is 1. The molecule has 3 heteroatoms. The van der Waals surface area contributed by atoms with Crippen LogP contribution in [0.3, 0.4) is 0 Å². The van der Waals surface area contributed by atoms with Crippen molar-refractivity contribution < 1.29 is 14.3 Å². The molecule has 0 spiro atoms. The molecule has 0 aliphatic rings. The highest BCUT2D eigenvalue weighted by Crippen LogP contribution is 2.18. The molecule has 0 aliphatic carbocycles. The molecule has 1 rings (SSSR count). The van der Waals surface area contributed by atoms with E-state index in [1.807, 2.05) is 0 Å². The molecule has 1 heterocycles. The summed E-state index contributed by atoms with van der Waals surface area (Å²) in [7, 11) is 0. The average molecular weight is 166 g/mol. The first-order valence-corrected chi connectivity index (χ1v) is 3.56. The summed E-state index contributed by atoms with van der Waals surface area (Å²) in [5, 5.41) is 8.66. The van der Waals surface area contributed by atoms with Gasteiger partial charge in [0.05, 0.1) is 12.5 Å². The van der Waals surface area contributed by atoms with E-state index in [9.17, 15) is 4.79 Å². The van der Waals surface area contributed by atoms with E-state index in [2.05, 4.69) is 0 Å².